The zero-order valence-corrected chi connectivity index (χ0v) is 9.50. The Morgan fingerprint density at radius 1 is 1.38 bits per heavy atom. The Kier molecular flexibility index (Phi) is 3.54. The van der Waals surface area contributed by atoms with E-state index in [1.54, 1.807) is 12.4 Å². The Bertz CT molecular complexity index is 264. The van der Waals surface area contributed by atoms with Crippen LogP contribution in [0.3, 0.4) is 0 Å². The molecule has 3 nitrogen and oxygen atoms in total. The first-order chi connectivity index (χ1) is 6.20. The molecule has 1 heterocycles. The summed E-state index contributed by atoms with van der Waals surface area (Å²) in [6, 6.07) is 0. The highest BCUT2D eigenvalue weighted by Crippen LogP contribution is 2.30. The molecule has 0 fully saturated rings. The fraction of sp³-hybridized carbons (Fsp3) is 0.444. The van der Waals surface area contributed by atoms with Crippen LogP contribution in [0.15, 0.2) is 16.9 Å². The predicted molar refractivity (Wildman–Crippen MR) is 59.9 cm³/mol. The Morgan fingerprint density at radius 2 is 2.00 bits per heavy atom. The first-order valence-electron chi connectivity index (χ1n) is 4.34. The summed E-state index contributed by atoms with van der Waals surface area (Å²) in [6.07, 6.45) is 3.45. The molecular formula is C9H14BrN3. The van der Waals surface area contributed by atoms with Crippen LogP contribution in [0.1, 0.15) is 13.8 Å². The quantitative estimate of drug-likeness (QED) is 0.886. The maximum absolute atomic E-state index is 5.84. The zero-order valence-electron chi connectivity index (χ0n) is 7.92. The summed E-state index contributed by atoms with van der Waals surface area (Å²) in [4.78, 5) is 6.19. The van der Waals surface area contributed by atoms with Gasteiger partial charge in [0.15, 0.2) is 0 Å². The van der Waals surface area contributed by atoms with E-state index in [2.05, 4.69) is 39.7 Å². The van der Waals surface area contributed by atoms with Crippen LogP contribution >= 0.6 is 15.9 Å². The molecule has 0 spiro atoms. The van der Waals surface area contributed by atoms with Crippen molar-refractivity contribution in [3.8, 4) is 0 Å². The second-order valence-corrected chi connectivity index (χ2v) is 3.59. The third-order valence-electron chi connectivity index (χ3n) is 1.98. The third kappa shape index (κ3) is 2.12. The molecule has 4 heteroatoms. The normalized spacial score (nSPS) is 10.1. The van der Waals surface area contributed by atoms with E-state index in [0.29, 0.717) is 0 Å². The molecule has 72 valence electrons. The van der Waals surface area contributed by atoms with E-state index < -0.39 is 0 Å². The number of aromatic nitrogens is 1. The van der Waals surface area contributed by atoms with Gasteiger partial charge in [0.1, 0.15) is 0 Å². The molecule has 0 aliphatic carbocycles. The van der Waals surface area contributed by atoms with E-state index in [0.717, 1.165) is 28.9 Å². The molecule has 0 bridgehead atoms. The first kappa shape index (κ1) is 10.3. The summed E-state index contributed by atoms with van der Waals surface area (Å²) in [5.74, 6) is 0. The van der Waals surface area contributed by atoms with Gasteiger partial charge < -0.3 is 10.6 Å². The van der Waals surface area contributed by atoms with Crippen molar-refractivity contribution in [1.82, 2.24) is 4.98 Å². The van der Waals surface area contributed by atoms with Crippen LogP contribution in [0.4, 0.5) is 11.4 Å². The van der Waals surface area contributed by atoms with Gasteiger partial charge in [-0.3, -0.25) is 4.98 Å². The maximum atomic E-state index is 5.84. The lowest BCUT2D eigenvalue weighted by molar-refractivity contribution is 0.863. The van der Waals surface area contributed by atoms with E-state index in [4.69, 9.17) is 5.73 Å². The van der Waals surface area contributed by atoms with Crippen LogP contribution in [0.2, 0.25) is 0 Å². The molecule has 0 amide bonds. The maximum Gasteiger partial charge on any atom is 0.0775 e. The van der Waals surface area contributed by atoms with E-state index in [9.17, 15) is 0 Å². The highest BCUT2D eigenvalue weighted by atomic mass is 79.9. The minimum Gasteiger partial charge on any atom is -0.396 e. The smallest absolute Gasteiger partial charge is 0.0775 e. The lowest BCUT2D eigenvalue weighted by Gasteiger charge is -2.23. The highest BCUT2D eigenvalue weighted by molar-refractivity contribution is 9.10. The number of nitrogen functional groups attached to an aromatic ring is 1. The molecule has 1 aromatic heterocycles. The van der Waals surface area contributed by atoms with Crippen LogP contribution in [0.25, 0.3) is 0 Å². The summed E-state index contributed by atoms with van der Waals surface area (Å²) >= 11 is 3.45. The van der Waals surface area contributed by atoms with Gasteiger partial charge in [-0.15, -0.1) is 0 Å². The number of halogens is 1. The Balaban J connectivity index is 3.10. The molecule has 0 saturated heterocycles. The summed E-state index contributed by atoms with van der Waals surface area (Å²) < 4.78 is 0.955. The monoisotopic (exact) mass is 243 g/mol. The van der Waals surface area contributed by atoms with Gasteiger partial charge >= 0.3 is 0 Å². The van der Waals surface area contributed by atoms with Crippen molar-refractivity contribution in [2.24, 2.45) is 0 Å². The van der Waals surface area contributed by atoms with Gasteiger partial charge in [0.2, 0.25) is 0 Å². The minimum atomic E-state index is 0.720. The predicted octanol–water partition coefficient (Wildman–Crippen LogP) is 2.27. The van der Waals surface area contributed by atoms with Crippen LogP contribution in [-0.2, 0) is 0 Å². The molecule has 0 radical (unpaired) electrons. The number of nitrogens with zero attached hydrogens (tertiary/aromatic N) is 2. The summed E-state index contributed by atoms with van der Waals surface area (Å²) in [6.45, 7) is 6.11. The SMILES string of the molecule is CCN(CC)c1c(N)cncc1Br. The summed E-state index contributed by atoms with van der Waals surface area (Å²) in [5.41, 5.74) is 7.60. The topological polar surface area (TPSA) is 42.1 Å². The fourth-order valence-corrected chi connectivity index (χ4v) is 1.91. The standard InChI is InChI=1S/C9H14BrN3/c1-3-13(4-2)9-7(10)5-12-6-8(9)11/h5-6H,3-4,11H2,1-2H3. The lowest BCUT2D eigenvalue weighted by atomic mass is 10.3. The molecule has 0 aliphatic rings. The Hall–Kier alpha value is -0.770. The van der Waals surface area contributed by atoms with Crippen molar-refractivity contribution < 1.29 is 0 Å². The largest absolute Gasteiger partial charge is 0.396 e. The molecule has 13 heavy (non-hydrogen) atoms. The van der Waals surface area contributed by atoms with Crippen molar-refractivity contribution in [3.63, 3.8) is 0 Å². The number of rotatable bonds is 3. The number of hydrogen-bond acceptors (Lipinski definition) is 3. The van der Waals surface area contributed by atoms with Crippen molar-refractivity contribution in [2.75, 3.05) is 23.7 Å². The molecule has 0 unspecified atom stereocenters. The van der Waals surface area contributed by atoms with Gasteiger partial charge in [-0.05, 0) is 29.8 Å². The first-order valence-corrected chi connectivity index (χ1v) is 5.13. The van der Waals surface area contributed by atoms with Gasteiger partial charge in [0.05, 0.1) is 22.0 Å². The number of pyridine rings is 1. The van der Waals surface area contributed by atoms with Crippen LogP contribution in [-0.4, -0.2) is 18.1 Å². The third-order valence-corrected chi connectivity index (χ3v) is 2.56. The van der Waals surface area contributed by atoms with Crippen molar-refractivity contribution in [1.29, 1.82) is 0 Å². The van der Waals surface area contributed by atoms with E-state index >= 15 is 0 Å². The van der Waals surface area contributed by atoms with E-state index in [-0.39, 0.29) is 0 Å². The molecule has 1 aromatic rings. The van der Waals surface area contributed by atoms with Gasteiger partial charge in [-0.25, -0.2) is 0 Å². The van der Waals surface area contributed by atoms with Gasteiger partial charge in [0.25, 0.3) is 0 Å². The molecular weight excluding hydrogens is 230 g/mol. The average molecular weight is 244 g/mol. The van der Waals surface area contributed by atoms with Crippen LogP contribution < -0.4 is 10.6 Å². The lowest BCUT2D eigenvalue weighted by Crippen LogP contribution is -2.23. The second-order valence-electron chi connectivity index (χ2n) is 2.73. The minimum absolute atomic E-state index is 0.720. The molecule has 2 N–H and O–H groups in total. The van der Waals surface area contributed by atoms with E-state index in [1.165, 1.54) is 0 Å². The molecule has 0 aliphatic heterocycles. The zero-order chi connectivity index (χ0) is 9.84. The molecule has 0 atom stereocenters. The van der Waals surface area contributed by atoms with Gasteiger partial charge in [0, 0.05) is 19.3 Å². The van der Waals surface area contributed by atoms with E-state index in [1.807, 2.05) is 0 Å². The van der Waals surface area contributed by atoms with Gasteiger partial charge in [-0.2, -0.15) is 0 Å². The average Bonchev–Trinajstić information content (AvgIpc) is 2.11. The van der Waals surface area contributed by atoms with Crippen molar-refractivity contribution in [3.05, 3.63) is 16.9 Å². The summed E-state index contributed by atoms with van der Waals surface area (Å²) in [7, 11) is 0. The van der Waals surface area contributed by atoms with Crippen molar-refractivity contribution >= 4 is 27.3 Å². The highest BCUT2D eigenvalue weighted by Gasteiger charge is 2.09. The van der Waals surface area contributed by atoms with Crippen molar-refractivity contribution in [2.45, 2.75) is 13.8 Å². The fourth-order valence-electron chi connectivity index (χ4n) is 1.32. The number of hydrogen-bond donors (Lipinski definition) is 1. The van der Waals surface area contributed by atoms with Crippen LogP contribution in [0.5, 0.6) is 0 Å². The van der Waals surface area contributed by atoms with Gasteiger partial charge in [-0.1, -0.05) is 0 Å². The van der Waals surface area contributed by atoms with Crippen LogP contribution in [0, 0.1) is 0 Å². The molecule has 0 aromatic carbocycles. The number of nitrogens with two attached hydrogens (primary N) is 1. The molecule has 0 saturated carbocycles. The Morgan fingerprint density at radius 3 is 2.46 bits per heavy atom. The Labute approximate surface area is 87.1 Å². The number of anilines is 2. The summed E-state index contributed by atoms with van der Waals surface area (Å²) in [5, 5.41) is 0. The molecule has 1 rings (SSSR count). The second kappa shape index (κ2) is 4.46.